The lowest BCUT2D eigenvalue weighted by Gasteiger charge is -2.18. The van der Waals surface area contributed by atoms with E-state index in [1.165, 1.54) is 84.2 Å². The van der Waals surface area contributed by atoms with Crippen molar-refractivity contribution in [2.75, 3.05) is 47.1 Å². The quantitative estimate of drug-likeness (QED) is 0.148. The minimum Gasteiger partial charge on any atom is -0.379 e. The largest absolute Gasteiger partial charge is 0.472 e. The normalized spacial score (nSPS) is 14.7. The molecule has 30 heavy (non-hydrogen) atoms. The zero-order valence-electron chi connectivity index (χ0n) is 19.7. The van der Waals surface area contributed by atoms with Crippen LogP contribution in [0.1, 0.15) is 90.4 Å². The van der Waals surface area contributed by atoms with E-state index in [1.807, 2.05) is 0 Å². The number of hydrogen-bond acceptors (Lipinski definition) is 6. The number of phosphoric ester groups is 1. The van der Waals surface area contributed by atoms with Crippen LogP contribution in [0.2, 0.25) is 0 Å². The molecule has 7 nitrogen and oxygen atoms in total. The second-order valence-corrected chi connectivity index (χ2v) is 9.33. The van der Waals surface area contributed by atoms with Crippen LogP contribution in [-0.2, 0) is 23.1 Å². The van der Waals surface area contributed by atoms with Gasteiger partial charge in [0.25, 0.3) is 0 Å². The number of ether oxygens (including phenoxy) is 2. The lowest BCUT2D eigenvalue weighted by Crippen LogP contribution is -2.24. The molecule has 2 N–H and O–H groups in total. The van der Waals surface area contributed by atoms with Crippen LogP contribution in [0.5, 0.6) is 0 Å². The summed E-state index contributed by atoms with van der Waals surface area (Å²) in [6.45, 7) is 3.82. The Morgan fingerprint density at radius 1 is 0.800 bits per heavy atom. The van der Waals surface area contributed by atoms with E-state index in [0.29, 0.717) is 19.8 Å². The van der Waals surface area contributed by atoms with Gasteiger partial charge in [0.1, 0.15) is 6.10 Å². The Kier molecular flexibility index (Phi) is 22.2. The Balaban J connectivity index is 3.45. The third kappa shape index (κ3) is 21.2. The Morgan fingerprint density at radius 2 is 1.33 bits per heavy atom. The Hall–Kier alpha value is -0.0100. The fraction of sp³-hybridized carbons (Fsp3) is 1.00. The molecule has 0 aromatic carbocycles. The Morgan fingerprint density at radius 3 is 1.83 bits per heavy atom. The van der Waals surface area contributed by atoms with Crippen LogP contribution in [0.4, 0.5) is 0 Å². The first kappa shape index (κ1) is 30.0. The van der Waals surface area contributed by atoms with Gasteiger partial charge in [0, 0.05) is 20.3 Å². The van der Waals surface area contributed by atoms with Gasteiger partial charge in [0.15, 0.2) is 0 Å². The van der Waals surface area contributed by atoms with Crippen molar-refractivity contribution < 1.29 is 28.0 Å². The molecule has 0 amide bonds. The third-order valence-electron chi connectivity index (χ3n) is 5.06. The van der Waals surface area contributed by atoms with Gasteiger partial charge in [-0.05, 0) is 13.5 Å². The maximum Gasteiger partial charge on any atom is 0.472 e. The summed E-state index contributed by atoms with van der Waals surface area (Å²) in [4.78, 5) is 9.58. The maximum atomic E-state index is 11.7. The Bertz CT molecular complexity index is 400. The fourth-order valence-electron chi connectivity index (χ4n) is 3.10. The first-order chi connectivity index (χ1) is 14.6. The molecule has 2 unspecified atom stereocenters. The van der Waals surface area contributed by atoms with Crippen molar-refractivity contribution in [1.29, 1.82) is 0 Å². The van der Waals surface area contributed by atoms with Crippen molar-refractivity contribution in [2.24, 2.45) is 0 Å². The molecule has 0 spiro atoms. The number of nitrogens with one attached hydrogen (secondary N) is 1. The van der Waals surface area contributed by atoms with Crippen LogP contribution in [0.15, 0.2) is 0 Å². The van der Waals surface area contributed by atoms with E-state index < -0.39 is 7.82 Å². The zero-order chi connectivity index (χ0) is 22.3. The van der Waals surface area contributed by atoms with Gasteiger partial charge in [-0.15, -0.1) is 0 Å². The van der Waals surface area contributed by atoms with Crippen molar-refractivity contribution in [3.8, 4) is 0 Å². The molecule has 0 rings (SSSR count). The van der Waals surface area contributed by atoms with Gasteiger partial charge >= 0.3 is 7.82 Å². The number of phosphoric acid groups is 1. The second kappa shape index (κ2) is 22.2. The minimum atomic E-state index is -4.04. The topological polar surface area (TPSA) is 86.3 Å². The summed E-state index contributed by atoms with van der Waals surface area (Å²) in [5.41, 5.74) is 0. The lowest BCUT2D eigenvalue weighted by atomic mass is 10.0. The highest BCUT2D eigenvalue weighted by molar-refractivity contribution is 7.47. The smallest absolute Gasteiger partial charge is 0.379 e. The predicted octanol–water partition coefficient (Wildman–Crippen LogP) is 5.46. The highest BCUT2D eigenvalue weighted by atomic mass is 31.2. The van der Waals surface area contributed by atoms with E-state index in [9.17, 15) is 9.46 Å². The molecular weight excluding hydrogens is 405 g/mol. The minimum absolute atomic E-state index is 0.0393. The molecule has 0 bridgehead atoms. The van der Waals surface area contributed by atoms with Crippen LogP contribution in [0.25, 0.3) is 0 Å². The molecule has 0 aliphatic rings. The maximum absolute atomic E-state index is 11.7. The summed E-state index contributed by atoms with van der Waals surface area (Å²) in [6.07, 6.45) is 16.8. The molecule has 0 aliphatic heterocycles. The predicted molar refractivity (Wildman–Crippen MR) is 123 cm³/mol. The number of methoxy groups -OCH3 is 1. The molecular formula is C22H48NO6P. The van der Waals surface area contributed by atoms with Gasteiger partial charge in [-0.25, -0.2) is 4.57 Å². The SMILES string of the molecule is CCCCCCCCCCCCCCCOCC(COP(=O)(O)OCCNC)OC. The molecule has 8 heteroatoms. The van der Waals surface area contributed by atoms with E-state index in [1.54, 1.807) is 7.05 Å². The summed E-state index contributed by atoms with van der Waals surface area (Å²) in [5.74, 6) is 0. The van der Waals surface area contributed by atoms with Crippen molar-refractivity contribution >= 4 is 7.82 Å². The van der Waals surface area contributed by atoms with Gasteiger partial charge < -0.3 is 19.7 Å². The van der Waals surface area contributed by atoms with Crippen LogP contribution >= 0.6 is 7.82 Å². The number of hydrogen-bond donors (Lipinski definition) is 2. The first-order valence-electron chi connectivity index (χ1n) is 11.9. The van der Waals surface area contributed by atoms with Crippen molar-refractivity contribution in [1.82, 2.24) is 5.32 Å². The van der Waals surface area contributed by atoms with Gasteiger partial charge in [0.2, 0.25) is 0 Å². The zero-order valence-corrected chi connectivity index (χ0v) is 20.6. The molecule has 2 atom stereocenters. The standard InChI is InChI=1S/C22H48NO6P/c1-4-5-6-7-8-9-10-11-12-13-14-15-16-18-27-20-22(26-3)21-29-30(24,25)28-19-17-23-2/h22-23H,4-21H2,1-3H3,(H,24,25). The van der Waals surface area contributed by atoms with E-state index in [0.717, 1.165) is 6.42 Å². The van der Waals surface area contributed by atoms with Crippen LogP contribution in [-0.4, -0.2) is 58.1 Å². The number of unbranched alkanes of at least 4 members (excludes halogenated alkanes) is 12. The molecule has 0 fully saturated rings. The third-order valence-corrected chi connectivity index (χ3v) is 6.04. The molecule has 0 saturated carbocycles. The summed E-state index contributed by atoms with van der Waals surface area (Å²) in [6, 6.07) is 0. The molecule has 0 saturated heterocycles. The Labute approximate surface area is 185 Å². The molecule has 0 aliphatic carbocycles. The summed E-state index contributed by atoms with van der Waals surface area (Å²) in [7, 11) is -0.767. The molecule has 0 heterocycles. The summed E-state index contributed by atoms with van der Waals surface area (Å²) in [5, 5.41) is 2.83. The number of rotatable bonds is 24. The van der Waals surface area contributed by atoms with E-state index in [-0.39, 0.29) is 19.3 Å². The van der Waals surface area contributed by atoms with Gasteiger partial charge in [0.05, 0.1) is 19.8 Å². The molecule has 0 radical (unpaired) electrons. The molecule has 182 valence electrons. The average molecular weight is 454 g/mol. The van der Waals surface area contributed by atoms with Gasteiger partial charge in [-0.1, -0.05) is 84.0 Å². The first-order valence-corrected chi connectivity index (χ1v) is 13.4. The lowest BCUT2D eigenvalue weighted by molar-refractivity contribution is -0.0220. The highest BCUT2D eigenvalue weighted by Crippen LogP contribution is 2.43. The fourth-order valence-corrected chi connectivity index (χ4v) is 3.85. The molecule has 0 aromatic heterocycles. The van der Waals surface area contributed by atoms with Gasteiger partial charge in [-0.2, -0.15) is 0 Å². The van der Waals surface area contributed by atoms with Crippen LogP contribution in [0.3, 0.4) is 0 Å². The van der Waals surface area contributed by atoms with E-state index >= 15 is 0 Å². The van der Waals surface area contributed by atoms with Crippen molar-refractivity contribution in [2.45, 2.75) is 96.5 Å². The summed E-state index contributed by atoms with van der Waals surface area (Å²) < 4.78 is 32.4. The van der Waals surface area contributed by atoms with E-state index in [4.69, 9.17) is 18.5 Å². The highest BCUT2D eigenvalue weighted by Gasteiger charge is 2.23. The summed E-state index contributed by atoms with van der Waals surface area (Å²) >= 11 is 0. The van der Waals surface area contributed by atoms with Crippen LogP contribution < -0.4 is 5.32 Å². The van der Waals surface area contributed by atoms with Crippen molar-refractivity contribution in [3.05, 3.63) is 0 Å². The number of likely N-dealkylation sites (N-methyl/N-ethyl adjacent to an activating group) is 1. The van der Waals surface area contributed by atoms with E-state index in [2.05, 4.69) is 12.2 Å². The monoisotopic (exact) mass is 453 g/mol. The van der Waals surface area contributed by atoms with Crippen molar-refractivity contribution in [3.63, 3.8) is 0 Å². The van der Waals surface area contributed by atoms with Crippen LogP contribution in [0, 0.1) is 0 Å². The average Bonchev–Trinajstić information content (AvgIpc) is 2.73. The van der Waals surface area contributed by atoms with Gasteiger partial charge in [-0.3, -0.25) is 9.05 Å². The second-order valence-electron chi connectivity index (χ2n) is 7.88. The molecule has 0 aromatic rings.